The average Bonchev–Trinajstić information content (AvgIpc) is 2.24. The van der Waals surface area contributed by atoms with Crippen LogP contribution in [0.1, 0.15) is 0 Å². The predicted molar refractivity (Wildman–Crippen MR) is 59.6 cm³/mol. The van der Waals surface area contributed by atoms with E-state index in [0.717, 1.165) is 24.3 Å². The fourth-order valence-electron chi connectivity index (χ4n) is 1.04. The van der Waals surface area contributed by atoms with Crippen LogP contribution in [-0.2, 0) is 19.1 Å². The average molecular weight is 299 g/mol. The van der Waals surface area contributed by atoms with Gasteiger partial charge in [-0.15, -0.1) is 0 Å². The van der Waals surface area contributed by atoms with Gasteiger partial charge in [0.15, 0.2) is 0 Å². The SMILES string of the molecule is O=P(O)(O)OCCNS(=O)(=O)c1ccc(F)cc1. The molecule has 0 saturated carbocycles. The molecule has 0 saturated heterocycles. The molecule has 0 bridgehead atoms. The largest absolute Gasteiger partial charge is 0.469 e. The van der Waals surface area contributed by atoms with Crippen molar-refractivity contribution in [1.82, 2.24) is 4.72 Å². The highest BCUT2D eigenvalue weighted by Gasteiger charge is 2.16. The minimum atomic E-state index is -4.61. The normalized spacial score (nSPS) is 12.6. The highest BCUT2D eigenvalue weighted by Crippen LogP contribution is 2.35. The van der Waals surface area contributed by atoms with Crippen molar-refractivity contribution in [1.29, 1.82) is 0 Å². The molecule has 0 aliphatic heterocycles. The Kier molecular flexibility index (Phi) is 4.97. The van der Waals surface area contributed by atoms with Crippen LogP contribution >= 0.6 is 7.82 Å². The Morgan fingerprint density at radius 3 is 2.33 bits per heavy atom. The molecule has 3 N–H and O–H groups in total. The predicted octanol–water partition coefficient (Wildman–Crippen LogP) is 0.213. The van der Waals surface area contributed by atoms with Gasteiger partial charge in [-0.1, -0.05) is 0 Å². The summed E-state index contributed by atoms with van der Waals surface area (Å²) in [4.78, 5) is 16.6. The Bertz CT molecular complexity index is 539. The summed E-state index contributed by atoms with van der Waals surface area (Å²) in [6.07, 6.45) is 0. The zero-order chi connectivity index (χ0) is 13.8. The molecule has 0 aromatic heterocycles. The highest BCUT2D eigenvalue weighted by molar-refractivity contribution is 7.89. The van der Waals surface area contributed by atoms with E-state index < -0.39 is 30.3 Å². The summed E-state index contributed by atoms with van der Waals surface area (Å²) in [7, 11) is -8.46. The van der Waals surface area contributed by atoms with E-state index in [1.165, 1.54) is 0 Å². The minimum Gasteiger partial charge on any atom is -0.303 e. The first-order valence-corrected chi connectivity index (χ1v) is 7.67. The zero-order valence-corrected chi connectivity index (χ0v) is 10.7. The number of phosphoric acid groups is 1. The Hall–Kier alpha value is -0.830. The third kappa shape index (κ3) is 5.21. The number of phosphoric ester groups is 1. The minimum absolute atomic E-state index is 0.153. The molecule has 1 rings (SSSR count). The molecule has 0 aliphatic rings. The lowest BCUT2D eigenvalue weighted by Gasteiger charge is -2.07. The van der Waals surface area contributed by atoms with Crippen molar-refractivity contribution in [3.05, 3.63) is 30.1 Å². The molecule has 0 amide bonds. The van der Waals surface area contributed by atoms with Crippen molar-refractivity contribution in [3.8, 4) is 0 Å². The molecular formula is C8H11FNO6PS. The maximum absolute atomic E-state index is 12.6. The van der Waals surface area contributed by atoms with Crippen LogP contribution < -0.4 is 4.72 Å². The van der Waals surface area contributed by atoms with Gasteiger partial charge >= 0.3 is 7.82 Å². The van der Waals surface area contributed by atoms with E-state index in [1.54, 1.807) is 0 Å². The molecule has 0 unspecified atom stereocenters. The van der Waals surface area contributed by atoms with Crippen LogP contribution in [0.5, 0.6) is 0 Å². The van der Waals surface area contributed by atoms with E-state index in [0.29, 0.717) is 0 Å². The number of hydrogen-bond acceptors (Lipinski definition) is 4. The van der Waals surface area contributed by atoms with Crippen molar-refractivity contribution in [2.45, 2.75) is 4.90 Å². The van der Waals surface area contributed by atoms with Crippen molar-refractivity contribution < 1.29 is 31.7 Å². The van der Waals surface area contributed by atoms with E-state index in [9.17, 15) is 17.4 Å². The molecule has 18 heavy (non-hydrogen) atoms. The Labute approximate surface area is 103 Å². The standard InChI is InChI=1S/C8H11FNO6PS/c9-7-1-3-8(4-2-7)18(14,15)10-5-6-16-17(11,12)13/h1-4,10H,5-6H2,(H2,11,12,13). The van der Waals surface area contributed by atoms with E-state index in [2.05, 4.69) is 4.52 Å². The summed E-state index contributed by atoms with van der Waals surface area (Å²) in [6.45, 7) is -0.796. The van der Waals surface area contributed by atoms with Crippen LogP contribution in [0.4, 0.5) is 4.39 Å². The third-order valence-corrected chi connectivity index (χ3v) is 3.77. The fraction of sp³-hybridized carbons (Fsp3) is 0.250. The van der Waals surface area contributed by atoms with Gasteiger partial charge in [0.2, 0.25) is 10.0 Å². The van der Waals surface area contributed by atoms with Gasteiger partial charge in [0, 0.05) is 6.54 Å². The van der Waals surface area contributed by atoms with E-state index in [-0.39, 0.29) is 11.4 Å². The van der Waals surface area contributed by atoms with Crippen LogP contribution in [0.15, 0.2) is 29.2 Å². The maximum Gasteiger partial charge on any atom is 0.469 e. The fourth-order valence-corrected chi connectivity index (χ4v) is 2.38. The van der Waals surface area contributed by atoms with Crippen LogP contribution in [0, 0.1) is 5.82 Å². The van der Waals surface area contributed by atoms with Gasteiger partial charge in [-0.05, 0) is 24.3 Å². The quantitative estimate of drug-likeness (QED) is 0.511. The molecule has 0 atom stereocenters. The van der Waals surface area contributed by atoms with Crippen molar-refractivity contribution >= 4 is 17.8 Å². The van der Waals surface area contributed by atoms with Gasteiger partial charge < -0.3 is 9.79 Å². The molecule has 1 aromatic rings. The number of halogens is 1. The molecule has 10 heteroatoms. The lowest BCUT2D eigenvalue weighted by atomic mass is 10.4. The maximum atomic E-state index is 12.6. The van der Waals surface area contributed by atoms with Crippen molar-refractivity contribution in [2.75, 3.05) is 13.2 Å². The van der Waals surface area contributed by atoms with Gasteiger partial charge in [0.05, 0.1) is 11.5 Å². The molecular weight excluding hydrogens is 288 g/mol. The lowest BCUT2D eigenvalue weighted by Crippen LogP contribution is -2.27. The van der Waals surface area contributed by atoms with Crippen LogP contribution in [-0.4, -0.2) is 31.4 Å². The summed E-state index contributed by atoms with van der Waals surface area (Å²) < 4.78 is 52.2. The molecule has 0 radical (unpaired) electrons. The third-order valence-electron chi connectivity index (χ3n) is 1.78. The number of rotatable bonds is 6. The summed E-state index contributed by atoms with van der Waals surface area (Å²) in [5, 5.41) is 0. The second kappa shape index (κ2) is 5.87. The molecule has 1 aromatic carbocycles. The van der Waals surface area contributed by atoms with Gasteiger partial charge in [0.1, 0.15) is 5.82 Å². The van der Waals surface area contributed by atoms with Crippen LogP contribution in [0.2, 0.25) is 0 Å². The Morgan fingerprint density at radius 2 is 1.83 bits per heavy atom. The zero-order valence-electron chi connectivity index (χ0n) is 8.98. The molecule has 0 heterocycles. The number of hydrogen-bond donors (Lipinski definition) is 3. The lowest BCUT2D eigenvalue weighted by molar-refractivity contribution is 0.200. The number of benzene rings is 1. The summed E-state index contributed by atoms with van der Waals surface area (Å²) in [5.41, 5.74) is 0. The molecule has 0 aliphatic carbocycles. The molecule has 102 valence electrons. The van der Waals surface area contributed by atoms with Crippen LogP contribution in [0.3, 0.4) is 0 Å². The van der Waals surface area contributed by atoms with Gasteiger partial charge in [0.25, 0.3) is 0 Å². The first-order chi connectivity index (χ1) is 8.21. The second-order valence-electron chi connectivity index (χ2n) is 3.18. The Balaban J connectivity index is 2.56. The first-order valence-electron chi connectivity index (χ1n) is 4.66. The molecule has 0 spiro atoms. The van der Waals surface area contributed by atoms with Gasteiger partial charge in [-0.2, -0.15) is 0 Å². The summed E-state index contributed by atoms with van der Waals surface area (Å²) >= 11 is 0. The van der Waals surface area contributed by atoms with Crippen molar-refractivity contribution in [3.63, 3.8) is 0 Å². The van der Waals surface area contributed by atoms with E-state index in [1.807, 2.05) is 4.72 Å². The van der Waals surface area contributed by atoms with E-state index in [4.69, 9.17) is 9.79 Å². The number of nitrogens with one attached hydrogen (secondary N) is 1. The van der Waals surface area contributed by atoms with Gasteiger partial charge in [-0.3, -0.25) is 4.52 Å². The second-order valence-corrected chi connectivity index (χ2v) is 6.18. The molecule has 0 fully saturated rings. The monoisotopic (exact) mass is 299 g/mol. The van der Waals surface area contributed by atoms with Crippen molar-refractivity contribution in [2.24, 2.45) is 0 Å². The van der Waals surface area contributed by atoms with E-state index >= 15 is 0 Å². The topological polar surface area (TPSA) is 113 Å². The summed E-state index contributed by atoms with van der Waals surface area (Å²) in [6, 6.07) is 4.12. The number of sulfonamides is 1. The smallest absolute Gasteiger partial charge is 0.303 e. The Morgan fingerprint density at radius 1 is 1.28 bits per heavy atom. The highest BCUT2D eigenvalue weighted by atomic mass is 32.2. The van der Waals surface area contributed by atoms with Crippen LogP contribution in [0.25, 0.3) is 0 Å². The molecule has 7 nitrogen and oxygen atoms in total. The summed E-state index contributed by atoms with van der Waals surface area (Å²) in [5.74, 6) is -0.571. The van der Waals surface area contributed by atoms with Gasteiger partial charge in [-0.25, -0.2) is 22.1 Å². The first kappa shape index (κ1) is 15.2.